The number of fused-ring (bicyclic) bond motifs is 3. The summed E-state index contributed by atoms with van der Waals surface area (Å²) in [6.45, 7) is 3.59. The van der Waals surface area contributed by atoms with Crippen LogP contribution in [0.3, 0.4) is 0 Å². The summed E-state index contributed by atoms with van der Waals surface area (Å²) in [4.78, 5) is 24.8. The van der Waals surface area contributed by atoms with Gasteiger partial charge >= 0.3 is 12.1 Å². The Balaban J connectivity index is 1.87. The molecule has 40 heavy (non-hydrogen) atoms. The van der Waals surface area contributed by atoms with Gasteiger partial charge in [0.15, 0.2) is 5.82 Å². The molecule has 14 heteroatoms. The minimum atomic E-state index is -4.91. The Morgan fingerprint density at radius 3 is 2.52 bits per heavy atom. The zero-order chi connectivity index (χ0) is 29.4. The zero-order valence-corrected chi connectivity index (χ0v) is 23.0. The van der Waals surface area contributed by atoms with Crippen LogP contribution in [0, 0.1) is 5.92 Å². The summed E-state index contributed by atoms with van der Waals surface area (Å²) in [5.41, 5.74) is 0.567. The highest BCUT2D eigenvalue weighted by atomic mass is 35.5. The van der Waals surface area contributed by atoms with E-state index in [4.69, 9.17) is 32.7 Å². The quantitative estimate of drug-likeness (QED) is 0.337. The number of hydrogen-bond donors (Lipinski definition) is 2. The largest absolute Gasteiger partial charge is 0.495 e. The van der Waals surface area contributed by atoms with Crippen LogP contribution in [-0.2, 0) is 20.5 Å². The van der Waals surface area contributed by atoms with E-state index in [1.165, 1.54) is 25.3 Å². The number of carbonyl (C=O) groups excluding carboxylic acids is 1. The summed E-state index contributed by atoms with van der Waals surface area (Å²) in [7, 11) is 1.41. The van der Waals surface area contributed by atoms with E-state index in [1.54, 1.807) is 32.0 Å². The van der Waals surface area contributed by atoms with Gasteiger partial charge in [-0.3, -0.25) is 9.36 Å². The fourth-order valence-corrected chi connectivity index (χ4v) is 5.03. The second-order valence-electron chi connectivity index (χ2n) is 9.58. The number of amides is 1. The smallest absolute Gasteiger partial charge is 0.452 e. The summed E-state index contributed by atoms with van der Waals surface area (Å²) < 4.78 is 54.7. The highest BCUT2D eigenvalue weighted by molar-refractivity contribution is 6.33. The van der Waals surface area contributed by atoms with Crippen molar-refractivity contribution >= 4 is 35.1 Å². The van der Waals surface area contributed by atoms with E-state index in [0.717, 1.165) is 4.57 Å². The number of alkyl halides is 3. The van der Waals surface area contributed by atoms with Crippen molar-refractivity contribution in [3.05, 3.63) is 69.2 Å². The van der Waals surface area contributed by atoms with E-state index in [1.807, 2.05) is 0 Å². The maximum Gasteiger partial charge on any atom is 0.452 e. The molecular weight excluding hydrogens is 576 g/mol. The molecule has 0 saturated carbocycles. The van der Waals surface area contributed by atoms with Gasteiger partial charge in [0.2, 0.25) is 11.7 Å². The number of methoxy groups -OCH3 is 1. The topological polar surface area (TPSA) is 116 Å². The maximum absolute atomic E-state index is 14.1. The predicted octanol–water partition coefficient (Wildman–Crippen LogP) is 5.77. The van der Waals surface area contributed by atoms with Gasteiger partial charge in [-0.05, 0) is 36.6 Å². The van der Waals surface area contributed by atoms with E-state index < -0.39 is 48.5 Å². The van der Waals surface area contributed by atoms with Gasteiger partial charge in [0.25, 0.3) is 0 Å². The normalized spacial score (nSPS) is 17.5. The SMILES string of the molecule is COc1cccc([C@@H]2O[C@@H](CC(=O)N[C@@H](CC(C)C)C(=O)O)c3nnc(C(F)(F)F)n3-c3ccc(Cl)cc32)c1Cl. The molecule has 3 atom stereocenters. The molecule has 0 aliphatic carbocycles. The number of hydrogen-bond acceptors (Lipinski definition) is 6. The predicted molar refractivity (Wildman–Crippen MR) is 139 cm³/mol. The fourth-order valence-electron chi connectivity index (χ4n) is 4.55. The number of nitrogens with one attached hydrogen (secondary N) is 1. The lowest BCUT2D eigenvalue weighted by atomic mass is 9.99. The van der Waals surface area contributed by atoms with E-state index in [9.17, 15) is 27.9 Å². The third kappa shape index (κ3) is 6.03. The van der Waals surface area contributed by atoms with E-state index in [-0.39, 0.29) is 39.5 Å². The summed E-state index contributed by atoms with van der Waals surface area (Å²) in [5.74, 6) is -3.40. The first kappa shape index (κ1) is 29.6. The first-order valence-corrected chi connectivity index (χ1v) is 12.9. The number of carbonyl (C=O) groups is 2. The molecule has 2 heterocycles. The standard InChI is InChI=1S/C26H25Cl2F3N4O5/c1-12(2)9-16(24(37)38)32-20(36)11-19-23-33-34-25(26(29,30)31)35(23)17-8-7-13(27)10-15(17)22(40-19)14-5-4-6-18(39-3)21(14)28/h4-8,10,12,16,19,22H,9,11H2,1-3H3,(H,32,36)(H,37,38)/t16-,19-,22-/m0/s1. The molecule has 0 radical (unpaired) electrons. The van der Waals surface area contributed by atoms with Crippen LogP contribution in [0.25, 0.3) is 5.69 Å². The number of carboxylic acid groups (broad SMARTS) is 1. The molecule has 1 aromatic heterocycles. The van der Waals surface area contributed by atoms with Crippen molar-refractivity contribution in [1.29, 1.82) is 0 Å². The van der Waals surface area contributed by atoms with Crippen molar-refractivity contribution in [2.45, 2.75) is 51.1 Å². The number of aromatic nitrogens is 3. The van der Waals surface area contributed by atoms with Crippen molar-refractivity contribution in [2.24, 2.45) is 5.92 Å². The minimum Gasteiger partial charge on any atom is -0.495 e. The molecule has 2 aromatic carbocycles. The van der Waals surface area contributed by atoms with Crippen molar-refractivity contribution in [3.63, 3.8) is 0 Å². The van der Waals surface area contributed by atoms with Crippen molar-refractivity contribution in [1.82, 2.24) is 20.1 Å². The van der Waals surface area contributed by atoms with Crippen LogP contribution in [0.1, 0.15) is 61.7 Å². The molecule has 0 spiro atoms. The van der Waals surface area contributed by atoms with Gasteiger partial charge in [-0.25, -0.2) is 4.79 Å². The first-order chi connectivity index (χ1) is 18.8. The first-order valence-electron chi connectivity index (χ1n) is 12.1. The lowest BCUT2D eigenvalue weighted by Crippen LogP contribution is -2.42. The zero-order valence-electron chi connectivity index (χ0n) is 21.5. The van der Waals surface area contributed by atoms with Crippen LogP contribution in [0.15, 0.2) is 36.4 Å². The van der Waals surface area contributed by atoms with Gasteiger partial charge < -0.3 is 19.9 Å². The molecule has 0 fully saturated rings. The molecule has 214 valence electrons. The van der Waals surface area contributed by atoms with Crippen LogP contribution in [-0.4, -0.2) is 44.9 Å². The average molecular weight is 601 g/mol. The molecule has 0 saturated heterocycles. The molecular formula is C26H25Cl2F3N4O5. The second-order valence-corrected chi connectivity index (χ2v) is 10.4. The Morgan fingerprint density at radius 2 is 1.90 bits per heavy atom. The molecule has 1 amide bonds. The Hall–Kier alpha value is -3.35. The Kier molecular flexibility index (Phi) is 8.62. The molecule has 9 nitrogen and oxygen atoms in total. The summed E-state index contributed by atoms with van der Waals surface area (Å²) in [6.07, 6.45) is -7.84. The van der Waals surface area contributed by atoms with Crippen LogP contribution in [0.4, 0.5) is 13.2 Å². The second kappa shape index (κ2) is 11.6. The lowest BCUT2D eigenvalue weighted by molar-refractivity contribution is -0.146. The molecule has 0 unspecified atom stereocenters. The summed E-state index contributed by atoms with van der Waals surface area (Å²) >= 11 is 12.9. The van der Waals surface area contributed by atoms with E-state index >= 15 is 0 Å². The number of nitrogens with zero attached hydrogens (tertiary/aromatic N) is 3. The van der Waals surface area contributed by atoms with Gasteiger partial charge in [0.1, 0.15) is 24.0 Å². The lowest BCUT2D eigenvalue weighted by Gasteiger charge is -2.24. The molecule has 3 aromatic rings. The Bertz CT molecular complexity index is 1430. The van der Waals surface area contributed by atoms with Crippen molar-refractivity contribution < 1.29 is 37.3 Å². The minimum absolute atomic E-state index is 0.0201. The number of benzene rings is 2. The number of halogens is 5. The summed E-state index contributed by atoms with van der Waals surface area (Å²) in [5, 5.41) is 19.5. The van der Waals surface area contributed by atoms with Crippen molar-refractivity contribution in [3.8, 4) is 11.4 Å². The monoisotopic (exact) mass is 600 g/mol. The molecule has 1 aliphatic heterocycles. The van der Waals surface area contributed by atoms with Crippen LogP contribution in [0.5, 0.6) is 5.75 Å². The van der Waals surface area contributed by atoms with E-state index in [2.05, 4.69) is 15.5 Å². The Morgan fingerprint density at radius 1 is 1.18 bits per heavy atom. The number of aliphatic carboxylic acids is 1. The number of rotatable bonds is 8. The van der Waals surface area contributed by atoms with E-state index in [0.29, 0.717) is 11.3 Å². The fraction of sp³-hybridized carbons (Fsp3) is 0.385. The van der Waals surface area contributed by atoms with Gasteiger partial charge in [0.05, 0.1) is 24.2 Å². The van der Waals surface area contributed by atoms with Crippen LogP contribution < -0.4 is 10.1 Å². The highest BCUT2D eigenvalue weighted by Gasteiger charge is 2.44. The summed E-state index contributed by atoms with van der Waals surface area (Å²) in [6, 6.07) is 7.85. The van der Waals surface area contributed by atoms with Crippen LogP contribution in [0.2, 0.25) is 10.0 Å². The molecule has 0 bridgehead atoms. The van der Waals surface area contributed by atoms with Gasteiger partial charge in [-0.1, -0.05) is 49.2 Å². The molecule has 4 rings (SSSR count). The van der Waals surface area contributed by atoms with Gasteiger partial charge in [-0.15, -0.1) is 10.2 Å². The van der Waals surface area contributed by atoms with Gasteiger partial charge in [0, 0.05) is 16.1 Å². The number of ether oxygens (including phenoxy) is 2. The molecule has 1 aliphatic rings. The third-order valence-electron chi connectivity index (χ3n) is 6.25. The highest BCUT2D eigenvalue weighted by Crippen LogP contribution is 2.46. The van der Waals surface area contributed by atoms with Crippen molar-refractivity contribution in [2.75, 3.05) is 7.11 Å². The Labute approximate surface area is 237 Å². The average Bonchev–Trinajstić information content (AvgIpc) is 3.27. The number of carboxylic acids is 1. The third-order valence-corrected chi connectivity index (χ3v) is 6.89. The van der Waals surface area contributed by atoms with Gasteiger partial charge in [-0.2, -0.15) is 13.2 Å². The van der Waals surface area contributed by atoms with Crippen LogP contribution >= 0.6 is 23.2 Å². The maximum atomic E-state index is 14.1. The molecule has 2 N–H and O–H groups in total.